The van der Waals surface area contributed by atoms with Gasteiger partial charge in [-0.25, -0.2) is 0 Å². The number of pyridine rings is 1. The molecular formula is C35H32F3N3O5S. The number of hydrogen-bond acceptors (Lipinski definition) is 5. The third kappa shape index (κ3) is 9.47. The Hall–Kier alpha value is -5.07. The zero-order chi connectivity index (χ0) is 34.2. The van der Waals surface area contributed by atoms with E-state index in [1.54, 1.807) is 48.5 Å². The topological polar surface area (TPSA) is 125 Å². The second-order valence-corrected chi connectivity index (χ2v) is 12.2. The van der Waals surface area contributed by atoms with Crippen LogP contribution in [0.3, 0.4) is 0 Å². The minimum absolute atomic E-state index is 0.123. The summed E-state index contributed by atoms with van der Waals surface area (Å²) >= 11 is 0. The molecule has 0 bridgehead atoms. The molecule has 1 heterocycles. The molecule has 0 saturated heterocycles. The molecule has 5 aromatic rings. The first-order valence-corrected chi connectivity index (χ1v) is 16.2. The van der Waals surface area contributed by atoms with Gasteiger partial charge in [0.15, 0.2) is 0 Å². The van der Waals surface area contributed by atoms with E-state index in [1.165, 1.54) is 25.3 Å². The van der Waals surface area contributed by atoms with Crippen LogP contribution in [0, 0.1) is 0 Å². The fraction of sp³-hybridized carbons (Fsp3) is 0.171. The van der Waals surface area contributed by atoms with Crippen molar-refractivity contribution in [2.24, 2.45) is 0 Å². The monoisotopic (exact) mass is 663 g/mol. The van der Waals surface area contributed by atoms with Crippen molar-refractivity contribution < 1.29 is 35.7 Å². The number of rotatable bonds is 8. The van der Waals surface area contributed by atoms with Gasteiger partial charge in [-0.3, -0.25) is 19.1 Å². The molecule has 3 N–H and O–H groups in total. The molecule has 1 aromatic heterocycles. The summed E-state index contributed by atoms with van der Waals surface area (Å²) in [7, 11) is -3.66. The summed E-state index contributed by atoms with van der Waals surface area (Å²) in [6.07, 6.45) is -2.20. The van der Waals surface area contributed by atoms with E-state index in [9.17, 15) is 31.2 Å². The van der Waals surface area contributed by atoms with Crippen molar-refractivity contribution in [1.29, 1.82) is 0 Å². The number of carbonyl (C=O) groups is 2. The highest BCUT2D eigenvalue weighted by Gasteiger charge is 2.30. The van der Waals surface area contributed by atoms with Crippen molar-refractivity contribution in [3.05, 3.63) is 132 Å². The number of aromatic nitrogens is 1. The Morgan fingerprint density at radius 2 is 1.49 bits per heavy atom. The van der Waals surface area contributed by atoms with Crippen molar-refractivity contribution in [2.75, 3.05) is 11.1 Å². The molecular weight excluding hydrogens is 631 g/mol. The molecule has 5 rings (SSSR count). The standard InChI is InChI=1S/C33H26F3N3O2.C2H6O3S/c1-2-29(22-8-4-3-5-9-22)39-31(40)24-18-23-14-17-26(19-30(23)37-20-24)38-32(41)28-11-7-6-10-27(28)21-12-15-25(16-13-21)33(34,35)36;1-2-6(3,4)5/h3-20,29H,2H2,1H3,(H,38,41)(H,39,40);2H2,1H3,(H,3,4,5). The van der Waals surface area contributed by atoms with Crippen LogP contribution in [0.5, 0.6) is 0 Å². The van der Waals surface area contributed by atoms with Crippen LogP contribution in [0.1, 0.15) is 58.2 Å². The predicted molar refractivity (Wildman–Crippen MR) is 176 cm³/mol. The molecule has 0 spiro atoms. The maximum Gasteiger partial charge on any atom is 0.416 e. The number of nitrogens with zero attached hydrogens (tertiary/aromatic N) is 1. The van der Waals surface area contributed by atoms with Gasteiger partial charge < -0.3 is 10.6 Å². The molecule has 0 radical (unpaired) electrons. The summed E-state index contributed by atoms with van der Waals surface area (Å²) < 4.78 is 65.9. The molecule has 0 aliphatic heterocycles. The normalized spacial score (nSPS) is 12.0. The van der Waals surface area contributed by atoms with E-state index in [1.807, 2.05) is 37.3 Å². The Kier molecular flexibility index (Phi) is 11.1. The third-order valence-electron chi connectivity index (χ3n) is 7.18. The van der Waals surface area contributed by atoms with E-state index in [0.29, 0.717) is 33.5 Å². The van der Waals surface area contributed by atoms with Gasteiger partial charge in [0.1, 0.15) is 0 Å². The van der Waals surface area contributed by atoms with Gasteiger partial charge in [-0.1, -0.05) is 73.7 Å². The van der Waals surface area contributed by atoms with Crippen molar-refractivity contribution in [2.45, 2.75) is 32.5 Å². The van der Waals surface area contributed by atoms with Crippen LogP contribution < -0.4 is 10.6 Å². The van der Waals surface area contributed by atoms with Crippen LogP contribution in [0.4, 0.5) is 18.9 Å². The second kappa shape index (κ2) is 15.0. The minimum Gasteiger partial charge on any atom is -0.345 e. The van der Waals surface area contributed by atoms with Gasteiger partial charge in [0.25, 0.3) is 21.9 Å². The van der Waals surface area contributed by atoms with E-state index in [4.69, 9.17) is 4.55 Å². The largest absolute Gasteiger partial charge is 0.416 e. The molecule has 12 heteroatoms. The first-order chi connectivity index (χ1) is 22.3. The number of amides is 2. The summed E-state index contributed by atoms with van der Waals surface area (Å²) in [5.41, 5.74) is 3.09. The van der Waals surface area contributed by atoms with Crippen LogP contribution in [0.2, 0.25) is 0 Å². The third-order valence-corrected chi connectivity index (χ3v) is 7.91. The van der Waals surface area contributed by atoms with E-state index < -0.39 is 27.8 Å². The average molecular weight is 664 g/mol. The van der Waals surface area contributed by atoms with Gasteiger partial charge in [-0.2, -0.15) is 21.6 Å². The lowest BCUT2D eigenvalue weighted by Gasteiger charge is -2.17. The number of alkyl halides is 3. The summed E-state index contributed by atoms with van der Waals surface area (Å²) in [5.74, 6) is -0.845. The zero-order valence-corrected chi connectivity index (χ0v) is 26.3. The van der Waals surface area contributed by atoms with Crippen molar-refractivity contribution >= 4 is 38.5 Å². The molecule has 1 atom stereocenters. The smallest absolute Gasteiger partial charge is 0.345 e. The molecule has 1 unspecified atom stereocenters. The average Bonchev–Trinajstić information content (AvgIpc) is 3.06. The highest BCUT2D eigenvalue weighted by molar-refractivity contribution is 7.85. The molecule has 8 nitrogen and oxygen atoms in total. The number of benzene rings is 4. The first kappa shape index (κ1) is 34.8. The molecule has 244 valence electrons. The van der Waals surface area contributed by atoms with E-state index >= 15 is 0 Å². The van der Waals surface area contributed by atoms with Crippen LogP contribution in [0.15, 0.2) is 109 Å². The van der Waals surface area contributed by atoms with E-state index in [0.717, 1.165) is 29.5 Å². The van der Waals surface area contributed by atoms with E-state index in [-0.39, 0.29) is 17.7 Å². The van der Waals surface area contributed by atoms with Crippen molar-refractivity contribution in [3.8, 4) is 11.1 Å². The van der Waals surface area contributed by atoms with Crippen LogP contribution in [0.25, 0.3) is 22.0 Å². The first-order valence-electron chi connectivity index (χ1n) is 14.6. The lowest BCUT2D eigenvalue weighted by Crippen LogP contribution is -2.28. The van der Waals surface area contributed by atoms with Crippen molar-refractivity contribution in [3.63, 3.8) is 0 Å². The molecule has 0 saturated carbocycles. The maximum absolute atomic E-state index is 13.2. The summed E-state index contributed by atoms with van der Waals surface area (Å²) in [4.78, 5) is 30.6. The Bertz CT molecular complexity index is 1970. The summed E-state index contributed by atoms with van der Waals surface area (Å²) in [5, 5.41) is 6.63. The lowest BCUT2D eigenvalue weighted by molar-refractivity contribution is -0.137. The number of halogens is 3. The lowest BCUT2D eigenvalue weighted by atomic mass is 9.98. The van der Waals surface area contributed by atoms with E-state index in [2.05, 4.69) is 15.6 Å². The van der Waals surface area contributed by atoms with Gasteiger partial charge in [-0.05, 0) is 66.4 Å². The highest BCUT2D eigenvalue weighted by atomic mass is 32.2. The van der Waals surface area contributed by atoms with Crippen LogP contribution in [-0.2, 0) is 16.3 Å². The van der Waals surface area contributed by atoms with Crippen LogP contribution in [-0.4, -0.2) is 35.5 Å². The molecule has 0 fully saturated rings. The number of carbonyl (C=O) groups excluding carboxylic acids is 2. The predicted octanol–water partition coefficient (Wildman–Crippen LogP) is 7.95. The Labute approximate surface area is 270 Å². The minimum atomic E-state index is -4.44. The van der Waals surface area contributed by atoms with Gasteiger partial charge in [0.05, 0.1) is 28.4 Å². The van der Waals surface area contributed by atoms with Crippen LogP contribution >= 0.6 is 0 Å². The SMILES string of the molecule is CCC(NC(=O)c1cnc2cc(NC(=O)c3ccccc3-c3ccc(C(F)(F)F)cc3)ccc2c1)c1ccccc1.CCS(=O)(=O)O. The summed E-state index contributed by atoms with van der Waals surface area (Å²) in [6.45, 7) is 3.38. The molecule has 4 aromatic carbocycles. The maximum atomic E-state index is 13.2. The van der Waals surface area contributed by atoms with Gasteiger partial charge in [0, 0.05) is 22.8 Å². The Balaban J connectivity index is 0.000000762. The number of nitrogens with one attached hydrogen (secondary N) is 2. The Morgan fingerprint density at radius 3 is 2.11 bits per heavy atom. The zero-order valence-electron chi connectivity index (χ0n) is 25.5. The molecule has 2 amide bonds. The number of hydrogen-bond donors (Lipinski definition) is 3. The number of anilines is 1. The molecule has 47 heavy (non-hydrogen) atoms. The number of fused-ring (bicyclic) bond motifs is 1. The molecule has 0 aliphatic rings. The van der Waals surface area contributed by atoms with Gasteiger partial charge in [-0.15, -0.1) is 0 Å². The molecule has 0 aliphatic carbocycles. The highest BCUT2D eigenvalue weighted by Crippen LogP contribution is 2.32. The van der Waals surface area contributed by atoms with Crippen molar-refractivity contribution in [1.82, 2.24) is 10.3 Å². The van der Waals surface area contributed by atoms with Gasteiger partial charge >= 0.3 is 6.18 Å². The second-order valence-electron chi connectivity index (χ2n) is 10.4. The Morgan fingerprint density at radius 1 is 0.851 bits per heavy atom. The van der Waals surface area contributed by atoms with Gasteiger partial charge in [0.2, 0.25) is 0 Å². The summed E-state index contributed by atoms with van der Waals surface area (Å²) in [6, 6.07) is 28.0. The fourth-order valence-corrected chi connectivity index (χ4v) is 4.64. The quantitative estimate of drug-likeness (QED) is 0.145. The fourth-order valence-electron chi connectivity index (χ4n) is 4.64.